The number of benzene rings is 1. The number of aromatic nitrogens is 1. The molecule has 0 aliphatic heterocycles. The topological polar surface area (TPSA) is 22.0 Å². The standard InChI is InChI=1S/C16H19NO/c1-3-5-9-14-12-13-8-6-7-10-15(13)16(18)17(14)11-4-2/h4,6-8,10-12H,3,5,9H2,1-2H3/b11-4-. The Balaban J connectivity index is 2.67. The van der Waals surface area contributed by atoms with Crippen molar-refractivity contribution in [2.45, 2.75) is 33.1 Å². The molecule has 2 aromatic rings. The number of nitrogens with zero attached hydrogens (tertiary/aromatic N) is 1. The third kappa shape index (κ3) is 2.37. The summed E-state index contributed by atoms with van der Waals surface area (Å²) in [5.74, 6) is 0. The molecule has 0 fully saturated rings. The van der Waals surface area contributed by atoms with Crippen molar-refractivity contribution in [3.05, 3.63) is 52.5 Å². The van der Waals surface area contributed by atoms with Gasteiger partial charge in [0.05, 0.1) is 0 Å². The van der Waals surface area contributed by atoms with Gasteiger partial charge < -0.3 is 0 Å². The van der Waals surface area contributed by atoms with Gasteiger partial charge in [0.25, 0.3) is 5.56 Å². The summed E-state index contributed by atoms with van der Waals surface area (Å²) in [6, 6.07) is 9.92. The number of aryl methyl sites for hydroxylation is 1. The molecule has 0 saturated heterocycles. The van der Waals surface area contributed by atoms with Crippen molar-refractivity contribution in [3.63, 3.8) is 0 Å². The molecule has 1 aromatic heterocycles. The van der Waals surface area contributed by atoms with Crippen molar-refractivity contribution < 1.29 is 0 Å². The van der Waals surface area contributed by atoms with Gasteiger partial charge in [-0.05, 0) is 37.3 Å². The SMILES string of the molecule is C/C=C\n1c(CCCC)cc2ccccc2c1=O. The first kappa shape index (κ1) is 12.6. The largest absolute Gasteiger partial charge is 0.288 e. The van der Waals surface area contributed by atoms with Crippen LogP contribution in [0.4, 0.5) is 0 Å². The third-order valence-corrected chi connectivity index (χ3v) is 3.13. The number of unbranched alkanes of at least 4 members (excludes halogenated alkanes) is 1. The van der Waals surface area contributed by atoms with E-state index in [0.29, 0.717) is 0 Å². The van der Waals surface area contributed by atoms with E-state index in [9.17, 15) is 4.79 Å². The molecule has 94 valence electrons. The van der Waals surface area contributed by atoms with E-state index in [1.807, 2.05) is 43.5 Å². The lowest BCUT2D eigenvalue weighted by Crippen LogP contribution is -2.19. The Morgan fingerprint density at radius 1 is 1.28 bits per heavy atom. The van der Waals surface area contributed by atoms with Crippen molar-refractivity contribution >= 4 is 17.0 Å². The molecule has 0 atom stereocenters. The molecule has 2 nitrogen and oxygen atoms in total. The van der Waals surface area contributed by atoms with E-state index in [0.717, 1.165) is 35.7 Å². The Morgan fingerprint density at radius 2 is 2.06 bits per heavy atom. The van der Waals surface area contributed by atoms with E-state index in [1.54, 1.807) is 4.57 Å². The Kier molecular flexibility index (Phi) is 3.98. The minimum atomic E-state index is 0.0808. The van der Waals surface area contributed by atoms with Crippen molar-refractivity contribution in [2.24, 2.45) is 0 Å². The van der Waals surface area contributed by atoms with Gasteiger partial charge in [0.2, 0.25) is 0 Å². The molecule has 1 aromatic carbocycles. The molecule has 0 saturated carbocycles. The van der Waals surface area contributed by atoms with Gasteiger partial charge >= 0.3 is 0 Å². The third-order valence-electron chi connectivity index (χ3n) is 3.13. The van der Waals surface area contributed by atoms with Gasteiger partial charge in [-0.2, -0.15) is 0 Å². The molecule has 18 heavy (non-hydrogen) atoms. The molecule has 2 heteroatoms. The zero-order valence-electron chi connectivity index (χ0n) is 11.0. The van der Waals surface area contributed by atoms with Gasteiger partial charge in [0.15, 0.2) is 0 Å². The Labute approximate surface area is 108 Å². The second kappa shape index (κ2) is 5.67. The van der Waals surface area contributed by atoms with Gasteiger partial charge in [0, 0.05) is 17.3 Å². The summed E-state index contributed by atoms with van der Waals surface area (Å²) in [5, 5.41) is 1.82. The second-order valence-electron chi connectivity index (χ2n) is 4.48. The van der Waals surface area contributed by atoms with Crippen LogP contribution in [0.5, 0.6) is 0 Å². The molecule has 0 aliphatic rings. The van der Waals surface area contributed by atoms with Crippen LogP contribution in [0.1, 0.15) is 32.4 Å². The lowest BCUT2D eigenvalue weighted by atomic mass is 10.1. The van der Waals surface area contributed by atoms with E-state index in [-0.39, 0.29) is 5.56 Å². The highest BCUT2D eigenvalue weighted by molar-refractivity contribution is 5.82. The summed E-state index contributed by atoms with van der Waals surface area (Å²) in [6.45, 7) is 4.10. The van der Waals surface area contributed by atoms with Crippen molar-refractivity contribution in [1.29, 1.82) is 0 Å². The summed E-state index contributed by atoms with van der Waals surface area (Å²) in [4.78, 5) is 12.4. The first-order valence-electron chi connectivity index (χ1n) is 6.54. The molecule has 0 amide bonds. The summed E-state index contributed by atoms with van der Waals surface area (Å²) in [5.41, 5.74) is 1.18. The quantitative estimate of drug-likeness (QED) is 0.797. The average molecular weight is 241 g/mol. The Hall–Kier alpha value is -1.83. The van der Waals surface area contributed by atoms with Crippen LogP contribution in [0.2, 0.25) is 0 Å². The fourth-order valence-electron chi connectivity index (χ4n) is 2.19. The van der Waals surface area contributed by atoms with Crippen molar-refractivity contribution in [2.75, 3.05) is 0 Å². The predicted octanol–water partition coefficient (Wildman–Crippen LogP) is 3.83. The van der Waals surface area contributed by atoms with E-state index >= 15 is 0 Å². The minimum absolute atomic E-state index is 0.0808. The highest BCUT2D eigenvalue weighted by atomic mass is 16.1. The highest BCUT2D eigenvalue weighted by Crippen LogP contribution is 2.14. The van der Waals surface area contributed by atoms with E-state index < -0.39 is 0 Å². The Morgan fingerprint density at radius 3 is 2.78 bits per heavy atom. The van der Waals surface area contributed by atoms with E-state index in [4.69, 9.17) is 0 Å². The molecule has 0 bridgehead atoms. The zero-order valence-corrected chi connectivity index (χ0v) is 11.0. The average Bonchev–Trinajstić information content (AvgIpc) is 2.40. The minimum Gasteiger partial charge on any atom is -0.288 e. The van der Waals surface area contributed by atoms with Crippen LogP contribution in [0.15, 0.2) is 41.2 Å². The number of rotatable bonds is 4. The first-order chi connectivity index (χ1) is 8.77. The van der Waals surface area contributed by atoms with Gasteiger partial charge in [-0.3, -0.25) is 9.36 Å². The molecule has 1 heterocycles. The van der Waals surface area contributed by atoms with Crippen molar-refractivity contribution in [1.82, 2.24) is 4.57 Å². The molecule has 0 N–H and O–H groups in total. The van der Waals surface area contributed by atoms with Gasteiger partial charge in [-0.15, -0.1) is 0 Å². The molecule has 0 spiro atoms. The summed E-state index contributed by atoms with van der Waals surface area (Å²) < 4.78 is 1.78. The molecule has 2 rings (SSSR count). The van der Waals surface area contributed by atoms with Crippen LogP contribution in [0.3, 0.4) is 0 Å². The van der Waals surface area contributed by atoms with Gasteiger partial charge in [-0.1, -0.05) is 37.6 Å². The maximum absolute atomic E-state index is 12.4. The molecule has 0 radical (unpaired) electrons. The number of allylic oxidation sites excluding steroid dienone is 1. The monoisotopic (exact) mass is 241 g/mol. The maximum atomic E-state index is 12.4. The smallest absolute Gasteiger partial charge is 0.262 e. The van der Waals surface area contributed by atoms with Crippen LogP contribution in [-0.2, 0) is 6.42 Å². The summed E-state index contributed by atoms with van der Waals surface area (Å²) in [6.07, 6.45) is 6.96. The highest BCUT2D eigenvalue weighted by Gasteiger charge is 2.06. The van der Waals surface area contributed by atoms with E-state index in [2.05, 4.69) is 13.0 Å². The maximum Gasteiger partial charge on any atom is 0.262 e. The van der Waals surface area contributed by atoms with E-state index in [1.165, 1.54) is 0 Å². The van der Waals surface area contributed by atoms with Crippen LogP contribution >= 0.6 is 0 Å². The first-order valence-corrected chi connectivity index (χ1v) is 6.54. The molecule has 0 unspecified atom stereocenters. The number of hydrogen-bond donors (Lipinski definition) is 0. The molecule has 0 aliphatic carbocycles. The van der Waals surface area contributed by atoms with Crippen LogP contribution < -0.4 is 5.56 Å². The fourth-order valence-corrected chi connectivity index (χ4v) is 2.19. The second-order valence-corrected chi connectivity index (χ2v) is 4.48. The number of pyridine rings is 1. The zero-order chi connectivity index (χ0) is 13.0. The van der Waals surface area contributed by atoms with Crippen LogP contribution in [-0.4, -0.2) is 4.57 Å². The molecular formula is C16H19NO. The lowest BCUT2D eigenvalue weighted by molar-refractivity contribution is 0.757. The van der Waals surface area contributed by atoms with Crippen molar-refractivity contribution in [3.8, 4) is 0 Å². The van der Waals surface area contributed by atoms with Crippen LogP contribution in [0, 0.1) is 0 Å². The number of fused-ring (bicyclic) bond motifs is 1. The summed E-state index contributed by atoms with van der Waals surface area (Å²) in [7, 11) is 0. The predicted molar refractivity (Wildman–Crippen MR) is 77.8 cm³/mol. The Bertz CT molecular complexity index is 623. The van der Waals surface area contributed by atoms with Gasteiger partial charge in [-0.25, -0.2) is 0 Å². The van der Waals surface area contributed by atoms with Gasteiger partial charge in [0.1, 0.15) is 0 Å². The normalized spacial score (nSPS) is 11.4. The summed E-state index contributed by atoms with van der Waals surface area (Å²) >= 11 is 0. The van der Waals surface area contributed by atoms with Crippen LogP contribution in [0.25, 0.3) is 17.0 Å². The lowest BCUT2D eigenvalue weighted by Gasteiger charge is -2.10. The molecular weight excluding hydrogens is 222 g/mol. The number of hydrogen-bond acceptors (Lipinski definition) is 1. The fraction of sp³-hybridized carbons (Fsp3) is 0.312.